The molecule has 1 atom stereocenters. The van der Waals surface area contributed by atoms with E-state index in [0.717, 1.165) is 23.3 Å². The number of benzene rings is 3. The molecule has 168 valence electrons. The molecule has 0 fully saturated rings. The normalized spacial score (nSPS) is 16.2. The van der Waals surface area contributed by atoms with E-state index in [-0.39, 0.29) is 36.6 Å². The lowest BCUT2D eigenvalue weighted by Gasteiger charge is -2.34. The zero-order valence-electron chi connectivity index (χ0n) is 18.1. The molecule has 0 bridgehead atoms. The summed E-state index contributed by atoms with van der Waals surface area (Å²) in [6.45, 7) is 1.98. The molecule has 0 radical (unpaired) electrons. The Labute approximate surface area is 191 Å². The van der Waals surface area contributed by atoms with Crippen LogP contribution in [0.1, 0.15) is 36.0 Å². The third-order valence-electron chi connectivity index (χ3n) is 5.78. The highest BCUT2D eigenvalue weighted by Gasteiger charge is 2.38. The molecule has 1 heterocycles. The second kappa shape index (κ2) is 9.77. The topological polar surface area (TPSA) is 46.6 Å². The predicted molar refractivity (Wildman–Crippen MR) is 120 cm³/mol. The minimum atomic E-state index is -0.867. The zero-order chi connectivity index (χ0) is 23.4. The molecule has 1 aliphatic rings. The van der Waals surface area contributed by atoms with E-state index >= 15 is 0 Å². The maximum Gasteiger partial charge on any atom is 0.336 e. The molecule has 0 N–H and O–H groups in total. The number of hydrogen-bond acceptors (Lipinski definition) is 3. The van der Waals surface area contributed by atoms with Crippen molar-refractivity contribution in [2.75, 3.05) is 0 Å². The lowest BCUT2D eigenvalue weighted by molar-refractivity contribution is -0.141. The molecule has 1 unspecified atom stereocenters. The number of hydrogen-bond donors (Lipinski definition) is 0. The lowest BCUT2D eigenvalue weighted by Crippen LogP contribution is -2.38. The van der Waals surface area contributed by atoms with Crippen LogP contribution in [-0.4, -0.2) is 16.8 Å². The first-order chi connectivity index (χ1) is 15.9. The average molecular weight is 447 g/mol. The summed E-state index contributed by atoms with van der Waals surface area (Å²) in [7, 11) is 0. The summed E-state index contributed by atoms with van der Waals surface area (Å²) in [4.78, 5) is 27.8. The Morgan fingerprint density at radius 3 is 2.24 bits per heavy atom. The van der Waals surface area contributed by atoms with E-state index in [1.807, 2.05) is 60.7 Å². The summed E-state index contributed by atoms with van der Waals surface area (Å²) in [6, 6.07) is 21.8. The van der Waals surface area contributed by atoms with E-state index in [9.17, 15) is 18.4 Å². The molecule has 6 heteroatoms. The number of ether oxygens (including phenoxy) is 1. The molecule has 0 aliphatic carbocycles. The van der Waals surface area contributed by atoms with Gasteiger partial charge in [-0.25, -0.2) is 13.6 Å². The van der Waals surface area contributed by atoms with E-state index in [1.54, 1.807) is 6.92 Å². The third-order valence-corrected chi connectivity index (χ3v) is 5.78. The van der Waals surface area contributed by atoms with Crippen LogP contribution in [0, 0.1) is 11.6 Å². The number of nitrogens with zero attached hydrogens (tertiary/aromatic N) is 1. The van der Waals surface area contributed by atoms with Gasteiger partial charge in [-0.3, -0.25) is 4.79 Å². The summed E-state index contributed by atoms with van der Waals surface area (Å²) in [6.07, 6.45) is -0.123. The number of esters is 1. The van der Waals surface area contributed by atoms with E-state index in [4.69, 9.17) is 4.74 Å². The SMILES string of the molecule is CC1=C(C(=O)OCc2ccccc2)C(c2ccc(F)cc2F)CC(=O)N1Cc1ccccc1. The molecule has 3 aromatic carbocycles. The van der Waals surface area contributed by atoms with Crippen LogP contribution in [0.2, 0.25) is 0 Å². The number of halogens is 2. The van der Waals surface area contributed by atoms with Crippen molar-refractivity contribution in [3.63, 3.8) is 0 Å². The van der Waals surface area contributed by atoms with Crippen molar-refractivity contribution in [3.05, 3.63) is 118 Å². The molecule has 3 aromatic rings. The van der Waals surface area contributed by atoms with Crippen LogP contribution in [-0.2, 0) is 27.5 Å². The van der Waals surface area contributed by atoms with E-state index in [0.29, 0.717) is 5.70 Å². The van der Waals surface area contributed by atoms with Crippen molar-refractivity contribution < 1.29 is 23.1 Å². The van der Waals surface area contributed by atoms with E-state index < -0.39 is 23.5 Å². The maximum absolute atomic E-state index is 14.7. The first kappa shape index (κ1) is 22.4. The fourth-order valence-corrected chi connectivity index (χ4v) is 4.08. The maximum atomic E-state index is 14.7. The lowest BCUT2D eigenvalue weighted by atomic mass is 9.83. The summed E-state index contributed by atoms with van der Waals surface area (Å²) >= 11 is 0. The van der Waals surface area contributed by atoms with Gasteiger partial charge in [-0.05, 0) is 29.7 Å². The summed E-state index contributed by atoms with van der Waals surface area (Å²) < 4.78 is 33.8. The van der Waals surface area contributed by atoms with E-state index in [1.165, 1.54) is 11.0 Å². The van der Waals surface area contributed by atoms with Crippen molar-refractivity contribution >= 4 is 11.9 Å². The Kier molecular flexibility index (Phi) is 6.63. The van der Waals surface area contributed by atoms with Gasteiger partial charge in [-0.15, -0.1) is 0 Å². The van der Waals surface area contributed by atoms with Gasteiger partial charge < -0.3 is 9.64 Å². The minimum absolute atomic E-state index is 0.0434. The standard InChI is InChI=1S/C27H23F2NO3/c1-18-26(27(32)33-17-20-10-6-3-7-11-20)23(22-13-12-21(28)14-24(22)29)15-25(31)30(18)16-19-8-4-2-5-9-19/h2-14,23H,15-17H2,1H3. The number of allylic oxidation sites excluding steroid dienone is 1. The Hall–Kier alpha value is -3.80. The monoisotopic (exact) mass is 447 g/mol. The largest absolute Gasteiger partial charge is 0.457 e. The van der Waals surface area contributed by atoms with Gasteiger partial charge in [-0.2, -0.15) is 0 Å². The Bertz CT molecular complexity index is 1190. The van der Waals surface area contributed by atoms with Crippen LogP contribution in [0.4, 0.5) is 8.78 Å². The summed E-state index contributed by atoms with van der Waals surface area (Å²) in [5.41, 5.74) is 2.40. The molecule has 4 rings (SSSR count). The quantitative estimate of drug-likeness (QED) is 0.469. The van der Waals surface area contributed by atoms with E-state index in [2.05, 4.69) is 0 Å². The molecule has 0 saturated heterocycles. The predicted octanol–water partition coefficient (Wildman–Crippen LogP) is 5.50. The van der Waals surface area contributed by atoms with Crippen LogP contribution >= 0.6 is 0 Å². The van der Waals surface area contributed by atoms with Gasteiger partial charge in [-0.1, -0.05) is 66.7 Å². The molecule has 1 amide bonds. The second-order valence-corrected chi connectivity index (χ2v) is 7.95. The van der Waals surface area contributed by atoms with Crippen LogP contribution < -0.4 is 0 Å². The van der Waals surface area contributed by atoms with Crippen LogP contribution in [0.25, 0.3) is 0 Å². The van der Waals surface area contributed by atoms with Gasteiger partial charge in [0.15, 0.2) is 0 Å². The van der Waals surface area contributed by atoms with Crippen LogP contribution in [0.15, 0.2) is 90.1 Å². The van der Waals surface area contributed by atoms with Gasteiger partial charge in [0, 0.05) is 24.1 Å². The minimum Gasteiger partial charge on any atom is -0.457 e. The van der Waals surface area contributed by atoms with Gasteiger partial charge in [0.25, 0.3) is 0 Å². The molecule has 1 aliphatic heterocycles. The highest BCUT2D eigenvalue weighted by atomic mass is 19.1. The second-order valence-electron chi connectivity index (χ2n) is 7.95. The Balaban J connectivity index is 1.71. The summed E-state index contributed by atoms with van der Waals surface area (Å²) in [5.74, 6) is -3.27. The van der Waals surface area contributed by atoms with Crippen molar-refractivity contribution in [3.8, 4) is 0 Å². The average Bonchev–Trinajstić information content (AvgIpc) is 2.81. The van der Waals surface area contributed by atoms with Crippen LogP contribution in [0.3, 0.4) is 0 Å². The first-order valence-electron chi connectivity index (χ1n) is 10.6. The number of amides is 1. The zero-order valence-corrected chi connectivity index (χ0v) is 18.1. The fourth-order valence-electron chi connectivity index (χ4n) is 4.08. The first-order valence-corrected chi connectivity index (χ1v) is 10.6. The van der Waals surface area contributed by atoms with Crippen molar-refractivity contribution in [2.24, 2.45) is 0 Å². The van der Waals surface area contributed by atoms with Gasteiger partial charge in [0.1, 0.15) is 18.2 Å². The fraction of sp³-hybridized carbons (Fsp3) is 0.185. The van der Waals surface area contributed by atoms with Crippen molar-refractivity contribution in [1.82, 2.24) is 4.90 Å². The molecular formula is C27H23F2NO3. The summed E-state index contributed by atoms with van der Waals surface area (Å²) in [5, 5.41) is 0. The molecule has 0 aromatic heterocycles. The highest BCUT2D eigenvalue weighted by Crippen LogP contribution is 2.39. The molecule has 0 saturated carbocycles. The molecule has 33 heavy (non-hydrogen) atoms. The van der Waals surface area contributed by atoms with Gasteiger partial charge >= 0.3 is 5.97 Å². The number of carbonyl (C=O) groups excluding carboxylic acids is 2. The van der Waals surface area contributed by atoms with Crippen LogP contribution in [0.5, 0.6) is 0 Å². The molecular weight excluding hydrogens is 424 g/mol. The Morgan fingerprint density at radius 2 is 1.61 bits per heavy atom. The van der Waals surface area contributed by atoms with Crippen molar-refractivity contribution in [2.45, 2.75) is 32.4 Å². The number of carbonyl (C=O) groups is 2. The van der Waals surface area contributed by atoms with Crippen molar-refractivity contribution in [1.29, 1.82) is 0 Å². The smallest absolute Gasteiger partial charge is 0.336 e. The highest BCUT2D eigenvalue weighted by molar-refractivity contribution is 5.95. The molecule has 4 nitrogen and oxygen atoms in total. The Morgan fingerprint density at radius 1 is 0.970 bits per heavy atom. The van der Waals surface area contributed by atoms with Gasteiger partial charge in [0.05, 0.1) is 12.1 Å². The molecule has 0 spiro atoms. The third kappa shape index (κ3) is 5.00. The number of rotatable bonds is 6. The van der Waals surface area contributed by atoms with Gasteiger partial charge in [0.2, 0.25) is 5.91 Å².